The Hall–Kier alpha value is -3.56. The van der Waals surface area contributed by atoms with Gasteiger partial charge in [-0.2, -0.15) is 0 Å². The standard InChI is InChI=1S/C35H44ClN3O5S/c1-26-19-20-29(36)24-32(26)39(45(3,42)43)21-11-18-34(40)38(25-28-14-10-17-31(22-28)44-2)33(23-27-12-6-4-7-13-27)35(41)37-30-15-8-5-9-16-30/h4,6-7,10,12-14,17,19-20,22,24,30,33H,5,8-9,11,15-16,18,21,23,25H2,1-3H3,(H,37,41)/t33-/m1/s1. The highest BCUT2D eigenvalue weighted by atomic mass is 35.5. The summed E-state index contributed by atoms with van der Waals surface area (Å²) in [7, 11) is -2.06. The molecule has 1 saturated carbocycles. The SMILES string of the molecule is COc1cccc(CN(C(=O)CCCN(c2cc(Cl)ccc2C)S(C)(=O)=O)[C@H](Cc2ccccc2)C(=O)NC2CCCCC2)c1. The van der Waals surface area contributed by atoms with Gasteiger partial charge in [0.1, 0.15) is 11.8 Å². The third-order valence-electron chi connectivity index (χ3n) is 8.30. The number of hydrogen-bond donors (Lipinski definition) is 1. The molecule has 2 amide bonds. The molecule has 10 heteroatoms. The van der Waals surface area contributed by atoms with Crippen LogP contribution in [0.5, 0.6) is 5.75 Å². The molecular formula is C35H44ClN3O5S. The second-order valence-corrected chi connectivity index (χ2v) is 14.1. The van der Waals surface area contributed by atoms with Crippen LogP contribution in [0.3, 0.4) is 0 Å². The van der Waals surface area contributed by atoms with Crippen LogP contribution in [0.1, 0.15) is 61.6 Å². The molecule has 1 aliphatic carbocycles. The van der Waals surface area contributed by atoms with Gasteiger partial charge in [-0.25, -0.2) is 8.42 Å². The molecule has 0 unspecified atom stereocenters. The van der Waals surface area contributed by atoms with Crippen LogP contribution in [0, 0.1) is 6.92 Å². The largest absolute Gasteiger partial charge is 0.497 e. The van der Waals surface area contributed by atoms with E-state index in [4.69, 9.17) is 16.3 Å². The summed E-state index contributed by atoms with van der Waals surface area (Å²) >= 11 is 6.21. The number of aryl methyl sites for hydroxylation is 1. The van der Waals surface area contributed by atoms with E-state index in [1.54, 1.807) is 30.2 Å². The summed E-state index contributed by atoms with van der Waals surface area (Å²) in [6, 6.07) is 21.6. The summed E-state index contributed by atoms with van der Waals surface area (Å²) in [4.78, 5) is 29.8. The number of halogens is 1. The molecule has 3 aromatic rings. The van der Waals surface area contributed by atoms with E-state index >= 15 is 0 Å². The summed E-state index contributed by atoms with van der Waals surface area (Å²) in [5, 5.41) is 3.68. The lowest BCUT2D eigenvalue weighted by molar-refractivity contribution is -0.141. The minimum absolute atomic E-state index is 0.0532. The molecule has 0 spiro atoms. The highest BCUT2D eigenvalue weighted by Gasteiger charge is 2.32. The van der Waals surface area contributed by atoms with Crippen LogP contribution in [0.15, 0.2) is 72.8 Å². The fraction of sp³-hybridized carbons (Fsp3) is 0.429. The Kier molecular flexibility index (Phi) is 12.3. The van der Waals surface area contributed by atoms with Crippen LogP contribution >= 0.6 is 11.6 Å². The van der Waals surface area contributed by atoms with Gasteiger partial charge in [0.15, 0.2) is 0 Å². The number of sulfonamides is 1. The molecule has 242 valence electrons. The number of anilines is 1. The average Bonchev–Trinajstić information content (AvgIpc) is 3.02. The van der Waals surface area contributed by atoms with Crippen LogP contribution < -0.4 is 14.4 Å². The van der Waals surface area contributed by atoms with Gasteiger partial charge in [-0.1, -0.05) is 79.4 Å². The van der Waals surface area contributed by atoms with Crippen molar-refractivity contribution in [2.45, 2.75) is 76.9 Å². The van der Waals surface area contributed by atoms with Crippen molar-refractivity contribution in [3.05, 3.63) is 94.5 Å². The van der Waals surface area contributed by atoms with E-state index in [1.807, 2.05) is 61.5 Å². The van der Waals surface area contributed by atoms with E-state index in [2.05, 4.69) is 5.32 Å². The number of amides is 2. The minimum Gasteiger partial charge on any atom is -0.497 e. The van der Waals surface area contributed by atoms with Crippen LogP contribution in [0.25, 0.3) is 0 Å². The normalized spacial score (nSPS) is 14.4. The first-order valence-corrected chi connectivity index (χ1v) is 17.8. The van der Waals surface area contributed by atoms with E-state index in [9.17, 15) is 18.0 Å². The van der Waals surface area contributed by atoms with Crippen molar-refractivity contribution in [3.8, 4) is 5.75 Å². The zero-order valence-corrected chi connectivity index (χ0v) is 27.9. The fourth-order valence-corrected chi connectivity index (χ4v) is 7.08. The average molecular weight is 654 g/mol. The summed E-state index contributed by atoms with van der Waals surface area (Å²) < 4.78 is 32.4. The number of carbonyl (C=O) groups is 2. The third-order valence-corrected chi connectivity index (χ3v) is 9.72. The molecule has 1 atom stereocenters. The second kappa shape index (κ2) is 16.1. The van der Waals surface area contributed by atoms with Gasteiger partial charge in [0, 0.05) is 37.0 Å². The maximum absolute atomic E-state index is 14.1. The lowest BCUT2D eigenvalue weighted by atomic mass is 9.94. The number of nitrogens with zero attached hydrogens (tertiary/aromatic N) is 2. The van der Waals surface area contributed by atoms with Gasteiger partial charge in [0.05, 0.1) is 19.1 Å². The molecule has 0 aliphatic heterocycles. The number of hydrogen-bond acceptors (Lipinski definition) is 5. The molecule has 1 aliphatic rings. The predicted octanol–water partition coefficient (Wildman–Crippen LogP) is 6.29. The van der Waals surface area contributed by atoms with Gasteiger partial charge < -0.3 is 15.0 Å². The first kappa shape index (κ1) is 34.3. The molecule has 1 fully saturated rings. The monoisotopic (exact) mass is 653 g/mol. The van der Waals surface area contributed by atoms with Gasteiger partial charge >= 0.3 is 0 Å². The zero-order chi connectivity index (χ0) is 32.4. The Bertz CT molecular complexity index is 1540. The number of ether oxygens (including phenoxy) is 1. The quantitative estimate of drug-likeness (QED) is 0.221. The fourth-order valence-electron chi connectivity index (χ4n) is 5.90. The van der Waals surface area contributed by atoms with Crippen LogP contribution in [-0.4, -0.2) is 57.1 Å². The molecular weight excluding hydrogens is 610 g/mol. The Labute approximate surface area is 272 Å². The Morgan fingerprint density at radius 1 is 0.978 bits per heavy atom. The van der Waals surface area contributed by atoms with E-state index in [-0.39, 0.29) is 43.8 Å². The molecule has 8 nitrogen and oxygen atoms in total. The molecule has 0 heterocycles. The topological polar surface area (TPSA) is 96.0 Å². The summed E-state index contributed by atoms with van der Waals surface area (Å²) in [5.74, 6) is 0.259. The smallest absolute Gasteiger partial charge is 0.243 e. The molecule has 45 heavy (non-hydrogen) atoms. The van der Waals surface area contributed by atoms with Crippen molar-refractivity contribution < 1.29 is 22.7 Å². The number of rotatable bonds is 14. The Balaban J connectivity index is 1.62. The van der Waals surface area contributed by atoms with Gasteiger partial charge in [-0.15, -0.1) is 0 Å². The van der Waals surface area contributed by atoms with Crippen molar-refractivity contribution in [2.75, 3.05) is 24.2 Å². The molecule has 0 saturated heterocycles. The van der Waals surface area contributed by atoms with Crippen molar-refractivity contribution in [2.24, 2.45) is 0 Å². The number of methoxy groups -OCH3 is 1. The highest BCUT2D eigenvalue weighted by Crippen LogP contribution is 2.27. The molecule has 4 rings (SSSR count). The molecule has 3 aromatic carbocycles. The molecule has 0 radical (unpaired) electrons. The Morgan fingerprint density at radius 2 is 1.69 bits per heavy atom. The van der Waals surface area contributed by atoms with E-state index in [0.717, 1.165) is 48.6 Å². The lowest BCUT2D eigenvalue weighted by Gasteiger charge is -2.34. The van der Waals surface area contributed by atoms with Crippen molar-refractivity contribution >= 4 is 39.1 Å². The first-order valence-electron chi connectivity index (χ1n) is 15.6. The maximum atomic E-state index is 14.1. The van der Waals surface area contributed by atoms with Crippen LogP contribution in [-0.2, 0) is 32.6 Å². The van der Waals surface area contributed by atoms with Crippen molar-refractivity contribution in [3.63, 3.8) is 0 Å². The molecule has 1 N–H and O–H groups in total. The van der Waals surface area contributed by atoms with Gasteiger partial charge in [0.2, 0.25) is 21.8 Å². The minimum atomic E-state index is -3.65. The van der Waals surface area contributed by atoms with Crippen LogP contribution in [0.2, 0.25) is 5.02 Å². The van der Waals surface area contributed by atoms with E-state index in [0.29, 0.717) is 22.9 Å². The third kappa shape index (κ3) is 9.96. The van der Waals surface area contributed by atoms with Crippen molar-refractivity contribution in [1.82, 2.24) is 10.2 Å². The number of carbonyl (C=O) groups excluding carboxylic acids is 2. The number of nitrogens with one attached hydrogen (secondary N) is 1. The number of benzene rings is 3. The van der Waals surface area contributed by atoms with Gasteiger partial charge in [0.25, 0.3) is 0 Å². The summed E-state index contributed by atoms with van der Waals surface area (Å²) in [5.41, 5.74) is 3.03. The Morgan fingerprint density at radius 3 is 2.38 bits per heavy atom. The summed E-state index contributed by atoms with van der Waals surface area (Å²) in [6.45, 7) is 2.12. The highest BCUT2D eigenvalue weighted by molar-refractivity contribution is 7.92. The zero-order valence-electron chi connectivity index (χ0n) is 26.4. The van der Waals surface area contributed by atoms with E-state index in [1.165, 1.54) is 10.7 Å². The molecule has 0 bridgehead atoms. The van der Waals surface area contributed by atoms with Crippen LogP contribution in [0.4, 0.5) is 5.69 Å². The summed E-state index contributed by atoms with van der Waals surface area (Å²) in [6.07, 6.45) is 6.98. The second-order valence-electron chi connectivity index (χ2n) is 11.8. The predicted molar refractivity (Wildman–Crippen MR) is 180 cm³/mol. The lowest BCUT2D eigenvalue weighted by Crippen LogP contribution is -2.52. The first-order chi connectivity index (χ1) is 21.5. The maximum Gasteiger partial charge on any atom is 0.243 e. The van der Waals surface area contributed by atoms with Crippen molar-refractivity contribution in [1.29, 1.82) is 0 Å². The van der Waals surface area contributed by atoms with Gasteiger partial charge in [-0.05, 0) is 67.1 Å². The van der Waals surface area contributed by atoms with Gasteiger partial charge in [-0.3, -0.25) is 13.9 Å². The van der Waals surface area contributed by atoms with E-state index < -0.39 is 16.1 Å². The molecule has 0 aromatic heterocycles.